The molecule has 1 unspecified atom stereocenters. The van der Waals surface area contributed by atoms with Gasteiger partial charge in [-0.05, 0) is 12.8 Å². The number of rotatable bonds is 2. The molecule has 0 aromatic heterocycles. The van der Waals surface area contributed by atoms with E-state index >= 15 is 0 Å². The number of hydrogen-bond acceptors (Lipinski definition) is 2. The maximum Gasteiger partial charge on any atom is 0.407 e. The molecule has 1 aliphatic rings. The number of amides is 1. The van der Waals surface area contributed by atoms with Gasteiger partial charge >= 0.3 is 6.09 Å². The van der Waals surface area contributed by atoms with Crippen molar-refractivity contribution in [2.24, 2.45) is 5.92 Å². The first-order valence-electron chi connectivity index (χ1n) is 4.21. The van der Waals surface area contributed by atoms with Crippen LogP contribution in [0.25, 0.3) is 0 Å². The van der Waals surface area contributed by atoms with Crippen molar-refractivity contribution in [1.29, 1.82) is 0 Å². The Bertz CT molecular complexity index is 158. The third-order valence-corrected chi connectivity index (χ3v) is 2.19. The van der Waals surface area contributed by atoms with Gasteiger partial charge in [0.05, 0.1) is 6.61 Å². The lowest BCUT2D eigenvalue weighted by molar-refractivity contribution is 0.0827. The molecule has 1 saturated heterocycles. The monoisotopic (exact) mass is 173 g/mol. The molecule has 70 valence electrons. The van der Waals surface area contributed by atoms with Crippen molar-refractivity contribution in [3.05, 3.63) is 0 Å². The Balaban J connectivity index is 2.35. The molecule has 1 heterocycles. The van der Waals surface area contributed by atoms with Crippen LogP contribution in [-0.4, -0.2) is 42.9 Å². The largest absolute Gasteiger partial charge is 0.465 e. The van der Waals surface area contributed by atoms with E-state index in [0.717, 1.165) is 12.8 Å². The molecule has 0 bridgehead atoms. The molecule has 4 nitrogen and oxygen atoms in total. The minimum Gasteiger partial charge on any atom is -0.465 e. The van der Waals surface area contributed by atoms with Crippen LogP contribution in [0.2, 0.25) is 0 Å². The molecule has 0 aliphatic carbocycles. The standard InChI is InChI=1S/C8H15NO3/c1-12-6-7-3-2-4-9(5-7)8(10)11/h7H,2-6H2,1H3,(H,10,11). The summed E-state index contributed by atoms with van der Waals surface area (Å²) in [6, 6.07) is 0. The number of carbonyl (C=O) groups is 1. The molecule has 1 amide bonds. The highest BCUT2D eigenvalue weighted by atomic mass is 16.5. The van der Waals surface area contributed by atoms with E-state index in [0.29, 0.717) is 25.6 Å². The van der Waals surface area contributed by atoms with E-state index in [2.05, 4.69) is 0 Å². The van der Waals surface area contributed by atoms with Crippen LogP contribution in [0.4, 0.5) is 4.79 Å². The molecule has 1 rings (SSSR count). The first-order valence-corrected chi connectivity index (χ1v) is 4.21. The smallest absolute Gasteiger partial charge is 0.407 e. The van der Waals surface area contributed by atoms with Gasteiger partial charge in [0.1, 0.15) is 0 Å². The number of likely N-dealkylation sites (tertiary alicyclic amines) is 1. The van der Waals surface area contributed by atoms with Gasteiger partial charge in [0, 0.05) is 26.1 Å². The van der Waals surface area contributed by atoms with Crippen LogP contribution in [0, 0.1) is 5.92 Å². The third kappa shape index (κ3) is 2.37. The van der Waals surface area contributed by atoms with E-state index in [9.17, 15) is 4.79 Å². The minimum atomic E-state index is -0.809. The summed E-state index contributed by atoms with van der Waals surface area (Å²) in [6.45, 7) is 1.97. The van der Waals surface area contributed by atoms with Gasteiger partial charge in [-0.1, -0.05) is 0 Å². The Kier molecular flexibility index (Phi) is 3.34. The number of piperidine rings is 1. The predicted octanol–water partition coefficient (Wildman–Crippen LogP) is 1.02. The summed E-state index contributed by atoms with van der Waals surface area (Å²) in [6.07, 6.45) is 1.23. The van der Waals surface area contributed by atoms with Gasteiger partial charge in [0.25, 0.3) is 0 Å². The average Bonchev–Trinajstić information content (AvgIpc) is 2.05. The maximum atomic E-state index is 10.6. The van der Waals surface area contributed by atoms with Crippen molar-refractivity contribution in [1.82, 2.24) is 4.90 Å². The maximum absolute atomic E-state index is 10.6. The van der Waals surface area contributed by atoms with Crippen molar-refractivity contribution < 1.29 is 14.6 Å². The van der Waals surface area contributed by atoms with E-state index in [1.807, 2.05) is 0 Å². The quantitative estimate of drug-likeness (QED) is 0.678. The van der Waals surface area contributed by atoms with Crippen LogP contribution in [0.3, 0.4) is 0 Å². The molecule has 1 fully saturated rings. The highest BCUT2D eigenvalue weighted by molar-refractivity contribution is 5.65. The second-order valence-corrected chi connectivity index (χ2v) is 3.19. The van der Waals surface area contributed by atoms with E-state index in [4.69, 9.17) is 9.84 Å². The zero-order chi connectivity index (χ0) is 8.97. The molecule has 0 aromatic rings. The molecule has 0 radical (unpaired) electrons. The van der Waals surface area contributed by atoms with Crippen LogP contribution in [0.1, 0.15) is 12.8 Å². The normalized spacial score (nSPS) is 24.1. The van der Waals surface area contributed by atoms with Crippen LogP contribution in [0.15, 0.2) is 0 Å². The topological polar surface area (TPSA) is 49.8 Å². The number of nitrogens with zero attached hydrogens (tertiary/aromatic N) is 1. The number of ether oxygens (including phenoxy) is 1. The van der Waals surface area contributed by atoms with E-state index in [-0.39, 0.29) is 0 Å². The summed E-state index contributed by atoms with van der Waals surface area (Å²) in [4.78, 5) is 12.1. The van der Waals surface area contributed by atoms with Gasteiger partial charge in [-0.2, -0.15) is 0 Å². The highest BCUT2D eigenvalue weighted by Gasteiger charge is 2.22. The molecule has 0 saturated carbocycles. The zero-order valence-corrected chi connectivity index (χ0v) is 7.32. The summed E-state index contributed by atoms with van der Waals surface area (Å²) < 4.78 is 4.99. The highest BCUT2D eigenvalue weighted by Crippen LogP contribution is 2.16. The van der Waals surface area contributed by atoms with Crippen LogP contribution in [-0.2, 0) is 4.74 Å². The van der Waals surface area contributed by atoms with Gasteiger partial charge in [-0.15, -0.1) is 0 Å². The molecule has 1 N–H and O–H groups in total. The van der Waals surface area contributed by atoms with Crippen molar-refractivity contribution in [2.45, 2.75) is 12.8 Å². The van der Waals surface area contributed by atoms with E-state index in [1.54, 1.807) is 7.11 Å². The van der Waals surface area contributed by atoms with Crippen molar-refractivity contribution in [3.63, 3.8) is 0 Å². The first kappa shape index (κ1) is 9.32. The van der Waals surface area contributed by atoms with Gasteiger partial charge in [0.15, 0.2) is 0 Å². The first-order chi connectivity index (χ1) is 5.74. The zero-order valence-electron chi connectivity index (χ0n) is 7.32. The Morgan fingerprint density at radius 3 is 3.08 bits per heavy atom. The Morgan fingerprint density at radius 1 is 1.75 bits per heavy atom. The molecule has 4 heteroatoms. The summed E-state index contributed by atoms with van der Waals surface area (Å²) in [7, 11) is 1.65. The lowest BCUT2D eigenvalue weighted by Gasteiger charge is -2.30. The molecule has 0 aromatic carbocycles. The SMILES string of the molecule is COCC1CCCN(C(=O)O)C1. The average molecular weight is 173 g/mol. The molecule has 1 aliphatic heterocycles. The molecule has 12 heavy (non-hydrogen) atoms. The van der Waals surface area contributed by atoms with E-state index in [1.165, 1.54) is 4.90 Å². The Labute approximate surface area is 72.1 Å². The summed E-state index contributed by atoms with van der Waals surface area (Å²) in [5, 5.41) is 8.71. The van der Waals surface area contributed by atoms with Crippen molar-refractivity contribution in [2.75, 3.05) is 26.8 Å². The Hall–Kier alpha value is -0.770. The fourth-order valence-corrected chi connectivity index (χ4v) is 1.61. The van der Waals surface area contributed by atoms with Gasteiger partial charge < -0.3 is 14.7 Å². The third-order valence-electron chi connectivity index (χ3n) is 2.19. The van der Waals surface area contributed by atoms with Gasteiger partial charge in [-0.25, -0.2) is 4.79 Å². The molecular weight excluding hydrogens is 158 g/mol. The molecule has 0 spiro atoms. The number of carboxylic acid groups (broad SMARTS) is 1. The van der Waals surface area contributed by atoms with Crippen LogP contribution >= 0.6 is 0 Å². The number of methoxy groups -OCH3 is 1. The second kappa shape index (κ2) is 4.30. The van der Waals surface area contributed by atoms with Gasteiger partial charge in [-0.3, -0.25) is 0 Å². The summed E-state index contributed by atoms with van der Waals surface area (Å²) in [5.41, 5.74) is 0. The van der Waals surface area contributed by atoms with E-state index < -0.39 is 6.09 Å². The molecular formula is C8H15NO3. The number of hydrogen-bond donors (Lipinski definition) is 1. The molecule has 1 atom stereocenters. The van der Waals surface area contributed by atoms with Crippen LogP contribution in [0.5, 0.6) is 0 Å². The fourth-order valence-electron chi connectivity index (χ4n) is 1.61. The lowest BCUT2D eigenvalue weighted by Crippen LogP contribution is -2.40. The van der Waals surface area contributed by atoms with Gasteiger partial charge in [0.2, 0.25) is 0 Å². The Morgan fingerprint density at radius 2 is 2.50 bits per heavy atom. The van der Waals surface area contributed by atoms with Crippen molar-refractivity contribution >= 4 is 6.09 Å². The van der Waals surface area contributed by atoms with Crippen molar-refractivity contribution in [3.8, 4) is 0 Å². The fraction of sp³-hybridized carbons (Fsp3) is 0.875. The lowest BCUT2D eigenvalue weighted by atomic mass is 9.99. The summed E-state index contributed by atoms with van der Waals surface area (Å²) >= 11 is 0. The predicted molar refractivity (Wildman–Crippen MR) is 44.2 cm³/mol. The van der Waals surface area contributed by atoms with Crippen LogP contribution < -0.4 is 0 Å². The second-order valence-electron chi connectivity index (χ2n) is 3.19. The summed E-state index contributed by atoms with van der Waals surface area (Å²) in [5.74, 6) is 0.389. The minimum absolute atomic E-state index is 0.389.